The first-order valence-corrected chi connectivity index (χ1v) is 12.7. The third kappa shape index (κ3) is 4.83. The number of benzene rings is 2. The van der Waals surface area contributed by atoms with Crippen LogP contribution in [0.4, 0.5) is 21.9 Å². The van der Waals surface area contributed by atoms with Crippen molar-refractivity contribution >= 4 is 56.5 Å². The van der Waals surface area contributed by atoms with Crippen molar-refractivity contribution in [3.63, 3.8) is 0 Å². The van der Waals surface area contributed by atoms with Crippen LogP contribution in [0, 0.1) is 6.92 Å². The van der Waals surface area contributed by atoms with Crippen molar-refractivity contribution in [3.05, 3.63) is 71.2 Å². The van der Waals surface area contributed by atoms with Crippen LogP contribution in [0.5, 0.6) is 11.5 Å². The van der Waals surface area contributed by atoms with E-state index in [1.165, 1.54) is 11.3 Å². The molecular weight excluding hydrogens is 490 g/mol. The van der Waals surface area contributed by atoms with Crippen LogP contribution in [0.2, 0.25) is 0 Å². The Bertz CT molecular complexity index is 1500. The predicted octanol–water partition coefficient (Wildman–Crippen LogP) is 5.34. The molecule has 188 valence electrons. The average molecular weight is 516 g/mol. The van der Waals surface area contributed by atoms with Crippen LogP contribution in [-0.4, -0.2) is 35.9 Å². The number of hydrogen-bond donors (Lipinski definition) is 3. The molecule has 0 radical (unpaired) electrons. The fraction of sp³-hybridized carbons (Fsp3) is 0.185. The van der Waals surface area contributed by atoms with Gasteiger partial charge in [-0.15, -0.1) is 11.3 Å². The molecule has 9 nitrogen and oxygen atoms in total. The molecule has 2 aromatic heterocycles. The number of urea groups is 1. The van der Waals surface area contributed by atoms with Gasteiger partial charge in [-0.05, 0) is 48.9 Å². The van der Waals surface area contributed by atoms with Gasteiger partial charge in [0.25, 0.3) is 5.91 Å². The Morgan fingerprint density at radius 2 is 1.81 bits per heavy atom. The molecule has 0 unspecified atom stereocenters. The van der Waals surface area contributed by atoms with Crippen molar-refractivity contribution in [1.82, 2.24) is 15.6 Å². The van der Waals surface area contributed by atoms with E-state index in [0.29, 0.717) is 50.9 Å². The third-order valence-corrected chi connectivity index (χ3v) is 6.99. The molecule has 0 aliphatic carbocycles. The van der Waals surface area contributed by atoms with Gasteiger partial charge in [-0.25, -0.2) is 9.78 Å². The molecule has 0 fully saturated rings. The second kappa shape index (κ2) is 10.3. The van der Waals surface area contributed by atoms with Crippen LogP contribution in [0.15, 0.2) is 60.8 Å². The minimum absolute atomic E-state index is 0.0812. The minimum Gasteiger partial charge on any atom is -0.457 e. The Labute approximate surface area is 217 Å². The van der Waals surface area contributed by atoms with Crippen molar-refractivity contribution < 1.29 is 19.1 Å². The lowest BCUT2D eigenvalue weighted by molar-refractivity contribution is -0.120. The molecule has 3 N–H and O–H groups in total. The van der Waals surface area contributed by atoms with Gasteiger partial charge in [-0.1, -0.05) is 25.1 Å². The van der Waals surface area contributed by atoms with Crippen LogP contribution in [0.1, 0.15) is 28.6 Å². The highest BCUT2D eigenvalue weighted by molar-refractivity contribution is 7.21. The Hall–Kier alpha value is -4.44. The molecule has 5 rings (SSSR count). The van der Waals surface area contributed by atoms with E-state index in [-0.39, 0.29) is 24.4 Å². The third-order valence-electron chi connectivity index (χ3n) is 5.89. The number of ether oxygens (including phenoxy) is 1. The largest absolute Gasteiger partial charge is 0.457 e. The van der Waals surface area contributed by atoms with Gasteiger partial charge in [0.1, 0.15) is 21.2 Å². The number of carbonyl (C=O) groups excluding carboxylic acids is 3. The average Bonchev–Trinajstić information content (AvgIpc) is 3.27. The normalized spacial score (nSPS) is 12.3. The smallest absolute Gasteiger partial charge is 0.331 e. The minimum atomic E-state index is -0.373. The van der Waals surface area contributed by atoms with Gasteiger partial charge in [-0.2, -0.15) is 0 Å². The number of anilines is 3. The Kier molecular flexibility index (Phi) is 6.74. The highest BCUT2D eigenvalue weighted by atomic mass is 32.1. The van der Waals surface area contributed by atoms with Gasteiger partial charge in [0.05, 0.1) is 22.4 Å². The number of nitrogens with one attached hydrogen (secondary N) is 3. The number of hydrogen-bond acceptors (Lipinski definition) is 6. The number of aromatic nitrogens is 1. The molecule has 2 aromatic carbocycles. The summed E-state index contributed by atoms with van der Waals surface area (Å²) in [6.07, 6.45) is 2.02. The molecule has 0 saturated carbocycles. The highest BCUT2D eigenvalue weighted by Gasteiger charge is 2.33. The summed E-state index contributed by atoms with van der Waals surface area (Å²) in [5.74, 6) is 0.974. The Morgan fingerprint density at radius 3 is 2.57 bits per heavy atom. The van der Waals surface area contributed by atoms with E-state index in [4.69, 9.17) is 4.74 Å². The summed E-state index contributed by atoms with van der Waals surface area (Å²) < 4.78 is 5.94. The quantitative estimate of drug-likeness (QED) is 0.274. The number of amides is 4. The van der Waals surface area contributed by atoms with Gasteiger partial charge in [0.15, 0.2) is 0 Å². The number of aryl methyl sites for hydroxylation is 1. The molecule has 0 atom stereocenters. The van der Waals surface area contributed by atoms with Crippen LogP contribution >= 0.6 is 11.3 Å². The van der Waals surface area contributed by atoms with Crippen molar-refractivity contribution in [3.8, 4) is 11.5 Å². The maximum absolute atomic E-state index is 13.4. The van der Waals surface area contributed by atoms with Crippen LogP contribution < -0.4 is 25.6 Å². The van der Waals surface area contributed by atoms with E-state index in [1.807, 2.05) is 55.5 Å². The van der Waals surface area contributed by atoms with Gasteiger partial charge in [-0.3, -0.25) is 14.5 Å². The first-order valence-electron chi connectivity index (χ1n) is 11.9. The second-order valence-electron chi connectivity index (χ2n) is 8.40. The SMILES string of the molecule is CCC(=O)NCCNC(=O)c1sc2nccc3c2c1NC(=O)N3c1ccc(Oc2ccccc2)cc1C. The summed E-state index contributed by atoms with van der Waals surface area (Å²) in [6.45, 7) is 4.28. The summed E-state index contributed by atoms with van der Waals surface area (Å²) in [5, 5.41) is 9.13. The summed E-state index contributed by atoms with van der Waals surface area (Å²) >= 11 is 1.21. The number of rotatable bonds is 8. The van der Waals surface area contributed by atoms with Gasteiger partial charge in [0, 0.05) is 25.7 Å². The summed E-state index contributed by atoms with van der Waals surface area (Å²) in [7, 11) is 0. The summed E-state index contributed by atoms with van der Waals surface area (Å²) in [4.78, 5) is 44.7. The van der Waals surface area contributed by atoms with Gasteiger partial charge < -0.3 is 20.7 Å². The zero-order valence-electron chi connectivity index (χ0n) is 20.3. The van der Waals surface area contributed by atoms with Crippen LogP contribution in [-0.2, 0) is 4.79 Å². The molecule has 10 heteroatoms. The number of carbonyl (C=O) groups is 3. The van der Waals surface area contributed by atoms with Crippen molar-refractivity contribution in [2.45, 2.75) is 20.3 Å². The standard InChI is InChI=1S/C27H25N5O4S/c1-3-21(33)28-13-14-29-25(34)24-23-22-20(11-12-30-26(22)37-24)32(27(35)31-23)19-10-9-18(15-16(19)2)36-17-7-5-4-6-8-17/h4-12,15H,3,13-14H2,1-2H3,(H,28,33)(H,29,34)(H,31,35). The van der Waals surface area contributed by atoms with Gasteiger partial charge >= 0.3 is 6.03 Å². The van der Waals surface area contributed by atoms with E-state index < -0.39 is 0 Å². The summed E-state index contributed by atoms with van der Waals surface area (Å²) in [5.41, 5.74) is 2.63. The molecule has 37 heavy (non-hydrogen) atoms. The zero-order valence-corrected chi connectivity index (χ0v) is 21.1. The van der Waals surface area contributed by atoms with E-state index in [0.717, 1.165) is 11.3 Å². The fourth-order valence-electron chi connectivity index (χ4n) is 4.13. The zero-order chi connectivity index (χ0) is 25.9. The molecule has 3 heterocycles. The topological polar surface area (TPSA) is 113 Å². The molecule has 1 aliphatic heterocycles. The molecule has 0 saturated heterocycles. The lowest BCUT2D eigenvalue weighted by Gasteiger charge is -2.29. The summed E-state index contributed by atoms with van der Waals surface area (Å²) in [6, 6.07) is 16.4. The number of para-hydroxylation sites is 1. The predicted molar refractivity (Wildman–Crippen MR) is 144 cm³/mol. The lowest BCUT2D eigenvalue weighted by atomic mass is 10.1. The van der Waals surface area contributed by atoms with Crippen molar-refractivity contribution in [2.24, 2.45) is 0 Å². The van der Waals surface area contributed by atoms with Crippen molar-refractivity contribution in [1.29, 1.82) is 0 Å². The fourth-order valence-corrected chi connectivity index (χ4v) is 5.17. The maximum Gasteiger partial charge on any atom is 0.331 e. The Balaban J connectivity index is 1.43. The van der Waals surface area contributed by atoms with Crippen LogP contribution in [0.25, 0.3) is 10.2 Å². The molecule has 4 aromatic rings. The first-order chi connectivity index (χ1) is 18.0. The monoisotopic (exact) mass is 515 g/mol. The van der Waals surface area contributed by atoms with Gasteiger partial charge in [0.2, 0.25) is 5.91 Å². The van der Waals surface area contributed by atoms with Crippen LogP contribution in [0.3, 0.4) is 0 Å². The van der Waals surface area contributed by atoms with E-state index in [2.05, 4.69) is 20.9 Å². The lowest BCUT2D eigenvalue weighted by Crippen LogP contribution is -2.36. The Morgan fingerprint density at radius 1 is 1.03 bits per heavy atom. The molecule has 1 aliphatic rings. The van der Waals surface area contributed by atoms with E-state index >= 15 is 0 Å². The molecule has 0 bridgehead atoms. The number of thiophene rings is 1. The second-order valence-corrected chi connectivity index (χ2v) is 9.40. The van der Waals surface area contributed by atoms with E-state index in [9.17, 15) is 14.4 Å². The maximum atomic E-state index is 13.4. The number of pyridine rings is 1. The molecule has 4 amide bonds. The van der Waals surface area contributed by atoms with Crippen molar-refractivity contribution in [2.75, 3.05) is 23.3 Å². The molecular formula is C27H25N5O4S. The van der Waals surface area contributed by atoms with E-state index in [1.54, 1.807) is 24.1 Å². The molecule has 0 spiro atoms. The number of nitrogens with zero attached hydrogens (tertiary/aromatic N) is 2. The first kappa shape index (κ1) is 24.3. The highest BCUT2D eigenvalue weighted by Crippen LogP contribution is 2.46.